The Morgan fingerprint density at radius 1 is 0.946 bits per heavy atom. The number of amides is 2. The lowest BCUT2D eigenvalue weighted by Gasteiger charge is -2.43. The van der Waals surface area contributed by atoms with Crippen molar-refractivity contribution in [3.8, 4) is 0 Å². The molecule has 0 bridgehead atoms. The van der Waals surface area contributed by atoms with Crippen LogP contribution in [0.2, 0.25) is 0 Å². The number of aryl methyl sites for hydroxylation is 1. The maximum absolute atomic E-state index is 13.5. The Kier molecular flexibility index (Phi) is 9.46. The molecular weight excluding hydrogens is 460 g/mol. The van der Waals surface area contributed by atoms with E-state index in [9.17, 15) is 9.59 Å². The van der Waals surface area contributed by atoms with Gasteiger partial charge in [0.15, 0.2) is 0 Å². The van der Waals surface area contributed by atoms with E-state index in [-0.39, 0.29) is 17.9 Å². The molecule has 2 atom stereocenters. The molecule has 0 saturated carbocycles. The second-order valence-electron chi connectivity index (χ2n) is 9.83. The molecular formula is C31H38N4O2. The Morgan fingerprint density at radius 2 is 1.59 bits per heavy atom. The highest BCUT2D eigenvalue weighted by Gasteiger charge is 2.38. The predicted octanol–water partition coefficient (Wildman–Crippen LogP) is 3.79. The Bertz CT molecular complexity index is 1130. The molecule has 0 aliphatic carbocycles. The minimum Gasteiger partial charge on any atom is -0.353 e. The lowest BCUT2D eigenvalue weighted by atomic mass is 9.93. The third-order valence-corrected chi connectivity index (χ3v) is 7.16. The zero-order chi connectivity index (χ0) is 26.0. The van der Waals surface area contributed by atoms with Crippen molar-refractivity contribution >= 4 is 11.8 Å². The van der Waals surface area contributed by atoms with E-state index in [0.29, 0.717) is 31.6 Å². The van der Waals surface area contributed by atoms with Crippen molar-refractivity contribution in [3.63, 3.8) is 0 Å². The first kappa shape index (κ1) is 26.6. The quantitative estimate of drug-likeness (QED) is 0.446. The van der Waals surface area contributed by atoms with Crippen molar-refractivity contribution in [1.82, 2.24) is 15.1 Å². The van der Waals surface area contributed by atoms with Gasteiger partial charge in [-0.3, -0.25) is 14.5 Å². The molecule has 1 aliphatic heterocycles. The van der Waals surface area contributed by atoms with E-state index in [0.717, 1.165) is 31.5 Å². The number of likely N-dealkylation sites (tertiary alicyclic amines) is 1. The van der Waals surface area contributed by atoms with Gasteiger partial charge in [-0.1, -0.05) is 78.4 Å². The first-order valence-corrected chi connectivity index (χ1v) is 13.2. The highest BCUT2D eigenvalue weighted by Crippen LogP contribution is 2.26. The van der Waals surface area contributed by atoms with Crippen LogP contribution in [0.25, 0.3) is 0 Å². The minimum absolute atomic E-state index is 0.0924. The van der Waals surface area contributed by atoms with Gasteiger partial charge < -0.3 is 16.0 Å². The van der Waals surface area contributed by atoms with Crippen LogP contribution in [0.1, 0.15) is 39.9 Å². The van der Waals surface area contributed by atoms with E-state index in [4.69, 9.17) is 5.73 Å². The molecule has 1 heterocycles. The molecule has 1 unspecified atom stereocenters. The molecule has 1 fully saturated rings. The molecule has 2 amide bonds. The zero-order valence-electron chi connectivity index (χ0n) is 21.7. The average Bonchev–Trinajstić information content (AvgIpc) is 2.95. The maximum Gasteiger partial charge on any atom is 0.254 e. The summed E-state index contributed by atoms with van der Waals surface area (Å²) in [5, 5.41) is 2.94. The van der Waals surface area contributed by atoms with E-state index in [1.54, 1.807) is 4.90 Å². The van der Waals surface area contributed by atoms with E-state index in [2.05, 4.69) is 58.7 Å². The summed E-state index contributed by atoms with van der Waals surface area (Å²) >= 11 is 0. The summed E-state index contributed by atoms with van der Waals surface area (Å²) in [6.45, 7) is 4.99. The molecule has 0 spiro atoms. The van der Waals surface area contributed by atoms with Gasteiger partial charge in [-0.25, -0.2) is 0 Å². The van der Waals surface area contributed by atoms with Crippen LogP contribution in [0.3, 0.4) is 0 Å². The third kappa shape index (κ3) is 7.28. The number of benzene rings is 3. The molecule has 6 nitrogen and oxygen atoms in total. The number of carbonyl (C=O) groups excluding carboxylic acids is 2. The average molecular weight is 499 g/mol. The number of piperidine rings is 1. The maximum atomic E-state index is 13.5. The molecule has 0 radical (unpaired) electrons. The normalized spacial score (nSPS) is 17.5. The molecule has 3 aromatic rings. The van der Waals surface area contributed by atoms with Gasteiger partial charge in [-0.15, -0.1) is 0 Å². The van der Waals surface area contributed by atoms with Crippen LogP contribution in [0.4, 0.5) is 0 Å². The monoisotopic (exact) mass is 498 g/mol. The number of carbonyl (C=O) groups is 2. The van der Waals surface area contributed by atoms with Gasteiger partial charge in [0.1, 0.15) is 6.04 Å². The smallest absolute Gasteiger partial charge is 0.254 e. The molecule has 6 heteroatoms. The van der Waals surface area contributed by atoms with Crippen LogP contribution in [0, 0.1) is 6.92 Å². The summed E-state index contributed by atoms with van der Waals surface area (Å²) in [6, 6.07) is 28.2. The Morgan fingerprint density at radius 3 is 2.24 bits per heavy atom. The molecule has 3 N–H and O–H groups in total. The van der Waals surface area contributed by atoms with Crippen LogP contribution in [0.5, 0.6) is 0 Å². The molecule has 1 saturated heterocycles. The molecule has 1 aliphatic rings. The van der Waals surface area contributed by atoms with Gasteiger partial charge in [0.25, 0.3) is 5.91 Å². The highest BCUT2D eigenvalue weighted by molar-refractivity contribution is 5.97. The minimum atomic E-state index is -0.533. The summed E-state index contributed by atoms with van der Waals surface area (Å²) < 4.78 is 0. The van der Waals surface area contributed by atoms with Gasteiger partial charge in [0.2, 0.25) is 5.91 Å². The lowest BCUT2D eigenvalue weighted by molar-refractivity contribution is -0.127. The van der Waals surface area contributed by atoms with Crippen molar-refractivity contribution < 1.29 is 9.59 Å². The summed E-state index contributed by atoms with van der Waals surface area (Å²) in [5.74, 6) is -0.219. The van der Waals surface area contributed by atoms with Gasteiger partial charge in [-0.05, 0) is 49.4 Å². The van der Waals surface area contributed by atoms with E-state index < -0.39 is 6.04 Å². The standard InChI is InChI=1S/C31H38N4O2/c1-24-12-14-27(15-13-24)31(37)35-21-17-28(22-29(35)30(36)33-19-18-32)34(23-26-10-6-3-7-11-26)20-16-25-8-4-2-5-9-25/h2-15,28-29H,16-23,32H2,1H3,(H,33,36)/t28?,29-/m1/s1. The summed E-state index contributed by atoms with van der Waals surface area (Å²) in [5.41, 5.74) is 9.92. The second kappa shape index (κ2) is 13.2. The first-order chi connectivity index (χ1) is 18.0. The van der Waals surface area contributed by atoms with Crippen LogP contribution in [0.15, 0.2) is 84.9 Å². The number of nitrogens with two attached hydrogens (primary N) is 1. The van der Waals surface area contributed by atoms with Crippen molar-refractivity contribution in [2.75, 3.05) is 26.2 Å². The van der Waals surface area contributed by atoms with E-state index >= 15 is 0 Å². The molecule has 3 aromatic carbocycles. The van der Waals surface area contributed by atoms with Crippen molar-refractivity contribution in [2.45, 2.75) is 44.8 Å². The Balaban J connectivity index is 1.55. The fourth-order valence-corrected chi connectivity index (χ4v) is 5.07. The Labute approximate surface area is 220 Å². The summed E-state index contributed by atoms with van der Waals surface area (Å²) in [4.78, 5) is 31.0. The fraction of sp³-hybridized carbons (Fsp3) is 0.355. The molecule has 0 aromatic heterocycles. The summed E-state index contributed by atoms with van der Waals surface area (Å²) in [6.07, 6.45) is 2.34. The fourth-order valence-electron chi connectivity index (χ4n) is 5.07. The zero-order valence-corrected chi connectivity index (χ0v) is 21.7. The topological polar surface area (TPSA) is 78.7 Å². The van der Waals surface area contributed by atoms with Crippen LogP contribution in [-0.2, 0) is 17.8 Å². The van der Waals surface area contributed by atoms with Gasteiger partial charge in [0, 0.05) is 44.3 Å². The van der Waals surface area contributed by atoms with E-state index in [1.165, 1.54) is 11.1 Å². The van der Waals surface area contributed by atoms with Crippen LogP contribution < -0.4 is 11.1 Å². The highest BCUT2D eigenvalue weighted by atomic mass is 16.2. The molecule has 194 valence electrons. The van der Waals surface area contributed by atoms with Gasteiger partial charge >= 0.3 is 0 Å². The summed E-state index contributed by atoms with van der Waals surface area (Å²) in [7, 11) is 0. The molecule has 37 heavy (non-hydrogen) atoms. The van der Waals surface area contributed by atoms with E-state index in [1.807, 2.05) is 43.3 Å². The predicted molar refractivity (Wildman–Crippen MR) is 148 cm³/mol. The number of nitrogens with zero attached hydrogens (tertiary/aromatic N) is 2. The second-order valence-corrected chi connectivity index (χ2v) is 9.83. The number of rotatable bonds is 10. The number of nitrogens with one attached hydrogen (secondary N) is 1. The Hall–Kier alpha value is -3.48. The molecule has 4 rings (SSSR count). The van der Waals surface area contributed by atoms with Crippen molar-refractivity contribution in [2.24, 2.45) is 5.73 Å². The van der Waals surface area contributed by atoms with Crippen LogP contribution in [-0.4, -0.2) is 59.9 Å². The SMILES string of the molecule is Cc1ccc(C(=O)N2CCC(N(CCc3ccccc3)Cc3ccccc3)C[C@@H]2C(=O)NCCN)cc1. The number of hydrogen-bond acceptors (Lipinski definition) is 4. The third-order valence-electron chi connectivity index (χ3n) is 7.16. The van der Waals surface area contributed by atoms with Crippen molar-refractivity contribution in [3.05, 3.63) is 107 Å². The van der Waals surface area contributed by atoms with Crippen molar-refractivity contribution in [1.29, 1.82) is 0 Å². The van der Waals surface area contributed by atoms with Gasteiger partial charge in [-0.2, -0.15) is 0 Å². The van der Waals surface area contributed by atoms with Crippen LogP contribution >= 0.6 is 0 Å². The largest absolute Gasteiger partial charge is 0.353 e. The van der Waals surface area contributed by atoms with Gasteiger partial charge in [0.05, 0.1) is 0 Å². The first-order valence-electron chi connectivity index (χ1n) is 13.2. The number of hydrogen-bond donors (Lipinski definition) is 2. The lowest BCUT2D eigenvalue weighted by Crippen LogP contribution is -2.57.